The Bertz CT molecular complexity index is 581. The van der Waals surface area contributed by atoms with E-state index in [1.807, 2.05) is 12.1 Å². The number of benzene rings is 1. The minimum Gasteiger partial charge on any atom is -0.508 e. The molecule has 1 unspecified atom stereocenters. The van der Waals surface area contributed by atoms with Crippen molar-refractivity contribution in [2.45, 2.75) is 64.4 Å². The normalized spacial score (nSPS) is 43.3. The summed E-state index contributed by atoms with van der Waals surface area (Å²) in [6.45, 7) is 4.65. The first-order valence-electron chi connectivity index (χ1n) is 9.04. The number of hydrogen-bond donors (Lipinski definition) is 2. The van der Waals surface area contributed by atoms with E-state index in [4.69, 9.17) is 0 Å². The van der Waals surface area contributed by atoms with Crippen molar-refractivity contribution in [3.05, 3.63) is 29.3 Å². The van der Waals surface area contributed by atoms with Crippen molar-refractivity contribution in [2.24, 2.45) is 23.2 Å². The van der Waals surface area contributed by atoms with Crippen molar-refractivity contribution in [3.8, 4) is 5.75 Å². The smallest absolute Gasteiger partial charge is 0.115 e. The Hall–Kier alpha value is -1.02. The third-order valence-corrected chi connectivity index (χ3v) is 7.30. The molecule has 0 radical (unpaired) electrons. The molecule has 22 heavy (non-hydrogen) atoms. The van der Waals surface area contributed by atoms with Gasteiger partial charge in [-0.15, -0.1) is 0 Å². The monoisotopic (exact) mass is 300 g/mol. The van der Waals surface area contributed by atoms with E-state index in [9.17, 15) is 10.2 Å². The highest BCUT2D eigenvalue weighted by Crippen LogP contribution is 2.63. The summed E-state index contributed by atoms with van der Waals surface area (Å²) in [6, 6.07) is 6.03. The van der Waals surface area contributed by atoms with Crippen molar-refractivity contribution in [3.63, 3.8) is 0 Å². The molecule has 2 N–H and O–H groups in total. The molecule has 3 aliphatic rings. The van der Waals surface area contributed by atoms with Crippen LogP contribution in [0.25, 0.3) is 0 Å². The van der Waals surface area contributed by atoms with Crippen molar-refractivity contribution in [1.82, 2.24) is 0 Å². The van der Waals surface area contributed by atoms with Crippen LogP contribution in [0.5, 0.6) is 5.75 Å². The Morgan fingerprint density at radius 3 is 2.82 bits per heavy atom. The molecule has 2 heteroatoms. The lowest BCUT2D eigenvalue weighted by Crippen LogP contribution is -2.47. The fourth-order valence-corrected chi connectivity index (χ4v) is 6.25. The first kappa shape index (κ1) is 14.6. The average Bonchev–Trinajstić information content (AvgIpc) is 2.81. The second-order valence-electron chi connectivity index (χ2n) is 8.19. The standard InChI is InChI=1S/C20H28O2/c1-3-12-11-20(2)17(8-9-18(20)22)16-6-4-13-10-14(21)5-7-15(13)19(12)16/h5,7,10,12,16-19,21-22H,3-4,6,8-9,11H2,1-2H3/t12?,16-,17-,18-,19+,20-/m0/s1. The molecule has 0 aliphatic heterocycles. The van der Waals surface area contributed by atoms with Gasteiger partial charge in [0.15, 0.2) is 0 Å². The first-order chi connectivity index (χ1) is 10.5. The number of aromatic hydroxyl groups is 1. The molecule has 0 aromatic heterocycles. The van der Waals surface area contributed by atoms with Crippen LogP contribution >= 0.6 is 0 Å². The zero-order chi connectivity index (χ0) is 15.5. The molecule has 6 atom stereocenters. The van der Waals surface area contributed by atoms with E-state index in [0.29, 0.717) is 23.5 Å². The molecule has 2 fully saturated rings. The topological polar surface area (TPSA) is 40.5 Å². The van der Waals surface area contributed by atoms with E-state index in [2.05, 4.69) is 19.9 Å². The fourth-order valence-electron chi connectivity index (χ4n) is 6.25. The van der Waals surface area contributed by atoms with Crippen LogP contribution in [0, 0.1) is 23.2 Å². The van der Waals surface area contributed by atoms with Crippen LogP contribution < -0.4 is 0 Å². The molecule has 120 valence electrons. The van der Waals surface area contributed by atoms with E-state index >= 15 is 0 Å². The van der Waals surface area contributed by atoms with Crippen LogP contribution in [-0.4, -0.2) is 16.3 Å². The van der Waals surface area contributed by atoms with Gasteiger partial charge in [0.2, 0.25) is 0 Å². The largest absolute Gasteiger partial charge is 0.508 e. The maximum absolute atomic E-state index is 10.6. The van der Waals surface area contributed by atoms with Crippen LogP contribution in [0.15, 0.2) is 18.2 Å². The molecule has 2 saturated carbocycles. The lowest BCUT2D eigenvalue weighted by Gasteiger charge is -2.53. The Morgan fingerprint density at radius 2 is 2.05 bits per heavy atom. The highest BCUT2D eigenvalue weighted by Gasteiger charge is 2.57. The zero-order valence-electron chi connectivity index (χ0n) is 13.8. The van der Waals surface area contributed by atoms with Gasteiger partial charge in [0.05, 0.1) is 6.10 Å². The number of hydrogen-bond acceptors (Lipinski definition) is 2. The summed E-state index contributed by atoms with van der Waals surface area (Å²) in [6.07, 6.45) is 6.75. The second-order valence-corrected chi connectivity index (χ2v) is 8.19. The molecular weight excluding hydrogens is 272 g/mol. The number of aliphatic hydroxyl groups is 1. The van der Waals surface area contributed by atoms with Gasteiger partial charge in [-0.05, 0) is 84.5 Å². The van der Waals surface area contributed by atoms with E-state index in [-0.39, 0.29) is 11.5 Å². The van der Waals surface area contributed by atoms with Gasteiger partial charge >= 0.3 is 0 Å². The average molecular weight is 300 g/mol. The van der Waals surface area contributed by atoms with Crippen LogP contribution in [0.3, 0.4) is 0 Å². The van der Waals surface area contributed by atoms with Gasteiger partial charge in [0.1, 0.15) is 5.75 Å². The van der Waals surface area contributed by atoms with Gasteiger partial charge in [-0.3, -0.25) is 0 Å². The number of rotatable bonds is 1. The number of aliphatic hydroxyl groups excluding tert-OH is 1. The highest BCUT2D eigenvalue weighted by atomic mass is 16.3. The SMILES string of the molecule is CCC1C[C@]2(C)[C@@H](O)CC[C@H]2[C@@H]2CCc3cc(O)ccc3[C@@H]12. The predicted molar refractivity (Wildman–Crippen MR) is 87.9 cm³/mol. The van der Waals surface area contributed by atoms with Crippen LogP contribution in [-0.2, 0) is 6.42 Å². The molecule has 3 aliphatic carbocycles. The summed E-state index contributed by atoms with van der Waals surface area (Å²) >= 11 is 0. The van der Waals surface area contributed by atoms with E-state index in [0.717, 1.165) is 25.2 Å². The van der Waals surface area contributed by atoms with E-state index in [1.165, 1.54) is 30.4 Å². The van der Waals surface area contributed by atoms with Crippen LogP contribution in [0.4, 0.5) is 0 Å². The van der Waals surface area contributed by atoms with E-state index in [1.54, 1.807) is 0 Å². The third-order valence-electron chi connectivity index (χ3n) is 7.30. The van der Waals surface area contributed by atoms with Gasteiger partial charge < -0.3 is 10.2 Å². The van der Waals surface area contributed by atoms with Crippen molar-refractivity contribution in [2.75, 3.05) is 0 Å². The van der Waals surface area contributed by atoms with Gasteiger partial charge in [0, 0.05) is 0 Å². The van der Waals surface area contributed by atoms with Gasteiger partial charge in [-0.25, -0.2) is 0 Å². The number of phenolic OH excluding ortho intramolecular Hbond substituents is 1. The summed E-state index contributed by atoms with van der Waals surface area (Å²) in [5.41, 5.74) is 2.99. The molecule has 0 saturated heterocycles. The summed E-state index contributed by atoms with van der Waals surface area (Å²) in [5, 5.41) is 20.4. The Balaban J connectivity index is 1.78. The minimum absolute atomic E-state index is 0.103. The number of fused-ring (bicyclic) bond motifs is 5. The van der Waals surface area contributed by atoms with Gasteiger partial charge in [-0.1, -0.05) is 26.3 Å². The summed E-state index contributed by atoms with van der Waals surface area (Å²) in [7, 11) is 0. The molecule has 1 aromatic rings. The lowest BCUT2D eigenvalue weighted by molar-refractivity contribution is -0.0487. The molecule has 4 rings (SSSR count). The molecule has 1 aromatic carbocycles. The molecule has 2 nitrogen and oxygen atoms in total. The maximum atomic E-state index is 10.6. The predicted octanol–water partition coefficient (Wildman–Crippen LogP) is 4.25. The molecule has 0 bridgehead atoms. The second kappa shape index (κ2) is 4.99. The van der Waals surface area contributed by atoms with Crippen molar-refractivity contribution >= 4 is 0 Å². The minimum atomic E-state index is -0.103. The van der Waals surface area contributed by atoms with Crippen LogP contribution in [0.1, 0.15) is 63.0 Å². The Labute approximate surface area is 133 Å². The molecule has 0 spiro atoms. The summed E-state index contributed by atoms with van der Waals surface area (Å²) < 4.78 is 0. The molecule has 0 heterocycles. The van der Waals surface area contributed by atoms with Crippen molar-refractivity contribution < 1.29 is 10.2 Å². The molecule has 0 amide bonds. The van der Waals surface area contributed by atoms with E-state index < -0.39 is 0 Å². The number of phenols is 1. The number of aryl methyl sites for hydroxylation is 1. The van der Waals surface area contributed by atoms with Gasteiger partial charge in [0.25, 0.3) is 0 Å². The van der Waals surface area contributed by atoms with Crippen molar-refractivity contribution in [1.29, 1.82) is 0 Å². The van der Waals surface area contributed by atoms with Crippen LogP contribution in [0.2, 0.25) is 0 Å². The Morgan fingerprint density at radius 1 is 1.23 bits per heavy atom. The quantitative estimate of drug-likeness (QED) is 0.814. The summed E-state index contributed by atoms with van der Waals surface area (Å²) in [5.74, 6) is 3.11. The molecular formula is C20H28O2. The first-order valence-corrected chi connectivity index (χ1v) is 9.04. The highest BCUT2D eigenvalue weighted by molar-refractivity contribution is 5.40. The maximum Gasteiger partial charge on any atom is 0.115 e. The lowest BCUT2D eigenvalue weighted by atomic mass is 9.51. The third kappa shape index (κ3) is 1.89. The van der Waals surface area contributed by atoms with Gasteiger partial charge in [-0.2, -0.15) is 0 Å². The summed E-state index contributed by atoms with van der Waals surface area (Å²) in [4.78, 5) is 0. The Kier molecular flexibility index (Phi) is 3.30. The zero-order valence-corrected chi connectivity index (χ0v) is 13.8. The fraction of sp³-hybridized carbons (Fsp3) is 0.700.